The van der Waals surface area contributed by atoms with Crippen LogP contribution in [0.4, 0.5) is 8.78 Å². The number of hydrogen-bond acceptors (Lipinski definition) is 3. The predicted octanol–water partition coefficient (Wildman–Crippen LogP) is 4.20. The van der Waals surface area contributed by atoms with Crippen molar-refractivity contribution >= 4 is 35.0 Å². The molecule has 0 heterocycles. The van der Waals surface area contributed by atoms with E-state index in [4.69, 9.17) is 28.9 Å². The maximum absolute atomic E-state index is 15.0. The first kappa shape index (κ1) is 22.7. The molecule has 4 rings (SSSR count). The van der Waals surface area contributed by atoms with Crippen molar-refractivity contribution in [2.45, 2.75) is 75.7 Å². The molecule has 1 aromatic carbocycles. The highest BCUT2D eigenvalue weighted by atomic mass is 35.5. The van der Waals surface area contributed by atoms with E-state index in [0.29, 0.717) is 38.5 Å². The van der Waals surface area contributed by atoms with Gasteiger partial charge in [0.15, 0.2) is 0 Å². The molecular formula is C22H27Cl2F2N3O2. The number of fused-ring (bicyclic) bond motifs is 2. The van der Waals surface area contributed by atoms with E-state index < -0.39 is 28.9 Å². The summed E-state index contributed by atoms with van der Waals surface area (Å²) in [6.45, 7) is 1.41. The van der Waals surface area contributed by atoms with Gasteiger partial charge in [0, 0.05) is 30.5 Å². The van der Waals surface area contributed by atoms with Gasteiger partial charge in [0.05, 0.1) is 16.1 Å². The number of nitrogens with one attached hydrogen (secondary N) is 2. The lowest BCUT2D eigenvalue weighted by molar-refractivity contribution is -0.127. The van der Waals surface area contributed by atoms with Crippen LogP contribution in [0.5, 0.6) is 0 Å². The maximum Gasteiger partial charge on any atom is 0.223 e. The number of carbonyl (C=O) groups excluding carboxylic acids is 2. The minimum atomic E-state index is -1.28. The zero-order chi connectivity index (χ0) is 22.6. The van der Waals surface area contributed by atoms with Crippen molar-refractivity contribution in [3.05, 3.63) is 33.6 Å². The molecule has 31 heavy (non-hydrogen) atoms. The molecule has 4 N–H and O–H groups in total. The highest BCUT2D eigenvalue weighted by Gasteiger charge is 2.59. The molecule has 0 saturated heterocycles. The molecule has 0 aromatic heterocycles. The molecule has 5 nitrogen and oxygen atoms in total. The third kappa shape index (κ3) is 4.16. The minimum Gasteiger partial charge on any atom is -0.352 e. The van der Waals surface area contributed by atoms with E-state index in [2.05, 4.69) is 10.6 Å². The van der Waals surface area contributed by atoms with Crippen molar-refractivity contribution in [3.63, 3.8) is 0 Å². The SMILES string of the molecule is CC(=O)N[C@H]1CC(C(=O)NC(c2c(F)ccc(Cl)c2Cl)C23CCC(F)(CC2)C3)C[C@H]1N. The Morgan fingerprint density at radius 3 is 2.45 bits per heavy atom. The summed E-state index contributed by atoms with van der Waals surface area (Å²) in [6, 6.07) is 1.16. The number of rotatable bonds is 5. The summed E-state index contributed by atoms with van der Waals surface area (Å²) in [6.07, 6.45) is 2.90. The lowest BCUT2D eigenvalue weighted by Gasteiger charge is -2.38. The first-order valence-electron chi connectivity index (χ1n) is 10.7. The highest BCUT2D eigenvalue weighted by Crippen LogP contribution is 2.64. The van der Waals surface area contributed by atoms with Crippen molar-refractivity contribution in [3.8, 4) is 0 Å². The molecule has 4 atom stereocenters. The minimum absolute atomic E-state index is 0.0452. The van der Waals surface area contributed by atoms with E-state index in [-0.39, 0.29) is 45.9 Å². The normalized spacial score (nSPS) is 35.2. The number of amides is 2. The molecule has 3 saturated carbocycles. The van der Waals surface area contributed by atoms with Crippen LogP contribution in [0.2, 0.25) is 10.0 Å². The molecule has 2 bridgehead atoms. The van der Waals surface area contributed by atoms with Crippen molar-refractivity contribution < 1.29 is 18.4 Å². The molecule has 3 fully saturated rings. The van der Waals surface area contributed by atoms with E-state index >= 15 is 4.39 Å². The molecule has 9 heteroatoms. The van der Waals surface area contributed by atoms with Gasteiger partial charge in [-0.1, -0.05) is 23.2 Å². The third-order valence-electron chi connectivity index (χ3n) is 7.45. The van der Waals surface area contributed by atoms with Crippen LogP contribution >= 0.6 is 23.2 Å². The summed E-state index contributed by atoms with van der Waals surface area (Å²) in [4.78, 5) is 24.7. The van der Waals surface area contributed by atoms with Crippen LogP contribution in [0.3, 0.4) is 0 Å². The number of alkyl halides is 1. The van der Waals surface area contributed by atoms with E-state index in [1.54, 1.807) is 0 Å². The Labute approximate surface area is 190 Å². The summed E-state index contributed by atoms with van der Waals surface area (Å²) in [5, 5.41) is 6.01. The zero-order valence-corrected chi connectivity index (χ0v) is 18.8. The van der Waals surface area contributed by atoms with Crippen LogP contribution in [-0.2, 0) is 9.59 Å². The van der Waals surface area contributed by atoms with Gasteiger partial charge in [0.25, 0.3) is 0 Å². The Balaban J connectivity index is 1.63. The predicted molar refractivity (Wildman–Crippen MR) is 115 cm³/mol. The smallest absolute Gasteiger partial charge is 0.223 e. The molecule has 3 aliphatic rings. The molecule has 0 aliphatic heterocycles. The van der Waals surface area contributed by atoms with Gasteiger partial charge in [-0.05, 0) is 62.5 Å². The van der Waals surface area contributed by atoms with E-state index in [1.165, 1.54) is 19.1 Å². The van der Waals surface area contributed by atoms with Gasteiger partial charge in [0.2, 0.25) is 11.8 Å². The Kier molecular flexibility index (Phi) is 5.99. The molecule has 0 radical (unpaired) electrons. The lowest BCUT2D eigenvalue weighted by atomic mass is 9.74. The Bertz CT molecular complexity index is 905. The van der Waals surface area contributed by atoms with E-state index in [0.717, 1.165) is 0 Å². The number of nitrogens with two attached hydrogens (primary N) is 1. The summed E-state index contributed by atoms with van der Waals surface area (Å²) in [5.41, 5.74) is 4.35. The third-order valence-corrected chi connectivity index (χ3v) is 8.27. The molecule has 1 aromatic rings. The van der Waals surface area contributed by atoms with Gasteiger partial charge in [-0.2, -0.15) is 0 Å². The second kappa shape index (κ2) is 8.16. The Hall–Kier alpha value is -1.44. The van der Waals surface area contributed by atoms with E-state index in [9.17, 15) is 14.0 Å². The average Bonchev–Trinajstić information content (AvgIpc) is 3.35. The molecule has 170 valence electrons. The molecule has 2 amide bonds. The standard InChI is InChI=1S/C22H27Cl2F2N3O2/c1-11(30)28-16-9-12(8-15(16)27)20(31)29-19(17-14(25)3-2-13(23)18(17)24)21-4-6-22(26,10-21)7-5-21/h2-3,12,15-16,19H,4-10,27H2,1H3,(H,28,30)(H,29,31)/t12?,15-,16+,19?,21?,22?/m1/s1. The van der Waals surface area contributed by atoms with Crippen LogP contribution < -0.4 is 16.4 Å². The fourth-order valence-electron chi connectivity index (χ4n) is 5.88. The molecule has 3 aliphatic carbocycles. The van der Waals surface area contributed by atoms with Gasteiger partial charge >= 0.3 is 0 Å². The van der Waals surface area contributed by atoms with Crippen LogP contribution in [0.1, 0.15) is 63.5 Å². The fraction of sp³-hybridized carbons (Fsp3) is 0.636. The summed E-state index contributed by atoms with van der Waals surface area (Å²) >= 11 is 12.6. The van der Waals surface area contributed by atoms with Crippen LogP contribution in [0.15, 0.2) is 12.1 Å². The maximum atomic E-state index is 15.0. The van der Waals surface area contributed by atoms with Gasteiger partial charge in [-0.25, -0.2) is 8.78 Å². The largest absolute Gasteiger partial charge is 0.352 e. The number of hydrogen-bond donors (Lipinski definition) is 3. The lowest BCUT2D eigenvalue weighted by Crippen LogP contribution is -2.43. The highest BCUT2D eigenvalue weighted by molar-refractivity contribution is 6.42. The quantitative estimate of drug-likeness (QED) is 0.560. The van der Waals surface area contributed by atoms with Gasteiger partial charge in [0.1, 0.15) is 11.5 Å². The zero-order valence-electron chi connectivity index (χ0n) is 17.3. The Morgan fingerprint density at radius 2 is 1.87 bits per heavy atom. The molecule has 2 unspecified atom stereocenters. The summed E-state index contributed by atoms with van der Waals surface area (Å²) < 4.78 is 30.0. The fourth-order valence-corrected chi connectivity index (χ4v) is 6.31. The first-order chi connectivity index (χ1) is 14.5. The van der Waals surface area contributed by atoms with Gasteiger partial charge in [-0.3, -0.25) is 9.59 Å². The monoisotopic (exact) mass is 473 g/mol. The van der Waals surface area contributed by atoms with Crippen molar-refractivity contribution in [1.82, 2.24) is 10.6 Å². The number of halogens is 4. The number of carbonyl (C=O) groups is 2. The average molecular weight is 474 g/mol. The van der Waals surface area contributed by atoms with Crippen LogP contribution in [-0.4, -0.2) is 29.6 Å². The van der Waals surface area contributed by atoms with E-state index in [1.807, 2.05) is 0 Å². The van der Waals surface area contributed by atoms with Crippen molar-refractivity contribution in [2.75, 3.05) is 0 Å². The topological polar surface area (TPSA) is 84.2 Å². The Morgan fingerprint density at radius 1 is 1.19 bits per heavy atom. The number of benzene rings is 1. The van der Waals surface area contributed by atoms with Gasteiger partial charge < -0.3 is 16.4 Å². The summed E-state index contributed by atoms with van der Waals surface area (Å²) in [7, 11) is 0. The second-order valence-corrected chi connectivity index (χ2v) is 10.3. The molecule has 0 spiro atoms. The molecular weight excluding hydrogens is 447 g/mol. The van der Waals surface area contributed by atoms with Crippen LogP contribution in [0.25, 0.3) is 0 Å². The summed E-state index contributed by atoms with van der Waals surface area (Å²) in [5.74, 6) is -1.51. The van der Waals surface area contributed by atoms with Crippen molar-refractivity contribution in [2.24, 2.45) is 17.1 Å². The van der Waals surface area contributed by atoms with Crippen LogP contribution in [0, 0.1) is 17.2 Å². The van der Waals surface area contributed by atoms with Crippen molar-refractivity contribution in [1.29, 1.82) is 0 Å². The van der Waals surface area contributed by atoms with Gasteiger partial charge in [-0.15, -0.1) is 0 Å². The second-order valence-electron chi connectivity index (χ2n) is 9.53. The first-order valence-corrected chi connectivity index (χ1v) is 11.4.